The molecule has 3 rings (SSSR count). The van der Waals surface area contributed by atoms with Gasteiger partial charge in [0.25, 0.3) is 5.91 Å². The standard InChI is InChI=1S/C16H16N4O3S/c1-9-14(20-24-19-9)8-22-13-6-4-12(5-7-13)16(21)17-15-10(2)18-23-11(15)3/h4-7H,8H2,1-3H3,(H,17,21). The molecule has 24 heavy (non-hydrogen) atoms. The van der Waals surface area contributed by atoms with E-state index in [0.717, 1.165) is 11.4 Å². The molecule has 0 spiro atoms. The summed E-state index contributed by atoms with van der Waals surface area (Å²) in [7, 11) is 0. The zero-order valence-electron chi connectivity index (χ0n) is 13.5. The van der Waals surface area contributed by atoms with Crippen LogP contribution in [0.4, 0.5) is 5.69 Å². The highest BCUT2D eigenvalue weighted by Crippen LogP contribution is 2.20. The zero-order chi connectivity index (χ0) is 17.1. The lowest BCUT2D eigenvalue weighted by Crippen LogP contribution is -2.12. The van der Waals surface area contributed by atoms with Crippen LogP contribution in [-0.4, -0.2) is 19.8 Å². The largest absolute Gasteiger partial charge is 0.487 e. The maximum atomic E-state index is 12.3. The third-order valence-electron chi connectivity index (χ3n) is 3.51. The molecule has 1 amide bonds. The molecule has 0 bridgehead atoms. The number of amides is 1. The highest BCUT2D eigenvalue weighted by Gasteiger charge is 2.14. The predicted molar refractivity (Wildman–Crippen MR) is 89.4 cm³/mol. The molecule has 0 saturated carbocycles. The minimum absolute atomic E-state index is 0.226. The SMILES string of the molecule is Cc1nsnc1COc1ccc(C(=O)Nc2c(C)noc2C)cc1. The van der Waals surface area contributed by atoms with Crippen LogP contribution in [0.5, 0.6) is 5.75 Å². The lowest BCUT2D eigenvalue weighted by molar-refractivity contribution is 0.102. The summed E-state index contributed by atoms with van der Waals surface area (Å²) in [5, 5.41) is 6.62. The van der Waals surface area contributed by atoms with E-state index in [1.807, 2.05) is 6.92 Å². The van der Waals surface area contributed by atoms with Crippen LogP contribution < -0.4 is 10.1 Å². The van der Waals surface area contributed by atoms with Crippen molar-refractivity contribution < 1.29 is 14.1 Å². The molecule has 124 valence electrons. The molecule has 2 aromatic heterocycles. The number of nitrogens with one attached hydrogen (secondary N) is 1. The highest BCUT2D eigenvalue weighted by molar-refractivity contribution is 6.99. The van der Waals surface area contributed by atoms with Crippen molar-refractivity contribution in [2.24, 2.45) is 0 Å². The first-order chi connectivity index (χ1) is 11.5. The Labute approximate surface area is 143 Å². The monoisotopic (exact) mass is 344 g/mol. The minimum atomic E-state index is -0.226. The van der Waals surface area contributed by atoms with Gasteiger partial charge in [0.1, 0.15) is 29.4 Å². The van der Waals surface area contributed by atoms with Gasteiger partial charge in [-0.1, -0.05) is 5.16 Å². The number of anilines is 1. The first-order valence-electron chi connectivity index (χ1n) is 7.29. The summed E-state index contributed by atoms with van der Waals surface area (Å²) >= 11 is 1.17. The van der Waals surface area contributed by atoms with Crippen LogP contribution >= 0.6 is 11.7 Å². The number of nitrogens with zero attached hydrogens (tertiary/aromatic N) is 3. The van der Waals surface area contributed by atoms with Gasteiger partial charge in [-0.2, -0.15) is 8.75 Å². The summed E-state index contributed by atoms with van der Waals surface area (Å²) in [6, 6.07) is 6.90. The van der Waals surface area contributed by atoms with Gasteiger partial charge >= 0.3 is 0 Å². The number of hydrogen-bond donors (Lipinski definition) is 1. The third-order valence-corrected chi connectivity index (χ3v) is 4.17. The van der Waals surface area contributed by atoms with Crippen LogP contribution in [0.3, 0.4) is 0 Å². The molecule has 3 aromatic rings. The molecule has 8 heteroatoms. The van der Waals surface area contributed by atoms with E-state index in [9.17, 15) is 4.79 Å². The van der Waals surface area contributed by atoms with E-state index in [4.69, 9.17) is 9.26 Å². The number of carbonyl (C=O) groups is 1. The van der Waals surface area contributed by atoms with E-state index in [1.165, 1.54) is 11.7 Å². The molecule has 0 aliphatic rings. The Kier molecular flexibility index (Phi) is 4.57. The number of hydrogen-bond acceptors (Lipinski definition) is 7. The first kappa shape index (κ1) is 16.1. The van der Waals surface area contributed by atoms with Crippen LogP contribution in [0, 0.1) is 20.8 Å². The van der Waals surface area contributed by atoms with Crippen LogP contribution in [0.25, 0.3) is 0 Å². The van der Waals surface area contributed by atoms with Crippen molar-refractivity contribution in [3.8, 4) is 5.75 Å². The lowest BCUT2D eigenvalue weighted by atomic mass is 10.2. The van der Waals surface area contributed by atoms with Gasteiger partial charge in [-0.3, -0.25) is 4.79 Å². The fourth-order valence-electron chi connectivity index (χ4n) is 2.08. The Morgan fingerprint density at radius 1 is 1.17 bits per heavy atom. The molecule has 2 heterocycles. The van der Waals surface area contributed by atoms with Gasteiger partial charge in [-0.05, 0) is 45.0 Å². The van der Waals surface area contributed by atoms with E-state index >= 15 is 0 Å². The summed E-state index contributed by atoms with van der Waals surface area (Å²) < 4.78 is 19.0. The van der Waals surface area contributed by atoms with Crippen molar-refractivity contribution >= 4 is 23.3 Å². The molecular weight excluding hydrogens is 328 g/mol. The van der Waals surface area contributed by atoms with Gasteiger partial charge in [0.2, 0.25) is 0 Å². The Balaban J connectivity index is 1.63. The smallest absolute Gasteiger partial charge is 0.255 e. The molecule has 0 saturated heterocycles. The number of rotatable bonds is 5. The van der Waals surface area contributed by atoms with Gasteiger partial charge in [-0.25, -0.2) is 0 Å². The number of aromatic nitrogens is 3. The van der Waals surface area contributed by atoms with E-state index < -0.39 is 0 Å². The van der Waals surface area contributed by atoms with Crippen molar-refractivity contribution in [2.75, 3.05) is 5.32 Å². The number of benzene rings is 1. The van der Waals surface area contributed by atoms with Crippen molar-refractivity contribution in [3.63, 3.8) is 0 Å². The second kappa shape index (κ2) is 6.79. The van der Waals surface area contributed by atoms with Crippen LogP contribution in [0.1, 0.15) is 33.2 Å². The molecule has 0 atom stereocenters. The topological polar surface area (TPSA) is 90.1 Å². The van der Waals surface area contributed by atoms with E-state index in [1.54, 1.807) is 38.1 Å². The quantitative estimate of drug-likeness (QED) is 0.764. The number of ether oxygens (including phenoxy) is 1. The van der Waals surface area contributed by atoms with Crippen molar-refractivity contribution in [1.82, 2.24) is 13.9 Å². The second-order valence-corrected chi connectivity index (χ2v) is 5.79. The third kappa shape index (κ3) is 3.43. The van der Waals surface area contributed by atoms with Crippen LogP contribution in [0.15, 0.2) is 28.8 Å². The van der Waals surface area contributed by atoms with Gasteiger partial charge in [0.15, 0.2) is 5.76 Å². The summed E-state index contributed by atoms with van der Waals surface area (Å²) in [4.78, 5) is 12.3. The molecular formula is C16H16N4O3S. The molecule has 1 aromatic carbocycles. The van der Waals surface area contributed by atoms with Gasteiger partial charge in [0.05, 0.1) is 17.4 Å². The molecule has 0 radical (unpaired) electrons. The van der Waals surface area contributed by atoms with E-state index in [0.29, 0.717) is 35.1 Å². The van der Waals surface area contributed by atoms with Crippen LogP contribution in [0.2, 0.25) is 0 Å². The van der Waals surface area contributed by atoms with Crippen molar-refractivity contribution in [1.29, 1.82) is 0 Å². The molecule has 0 fully saturated rings. The Bertz CT molecular complexity index is 835. The molecule has 0 unspecified atom stereocenters. The summed E-state index contributed by atoms with van der Waals surface area (Å²) in [6.07, 6.45) is 0. The van der Waals surface area contributed by atoms with Crippen molar-refractivity contribution in [2.45, 2.75) is 27.4 Å². The maximum absolute atomic E-state index is 12.3. The summed E-state index contributed by atoms with van der Waals surface area (Å²) in [5.74, 6) is 1.01. The molecule has 0 aliphatic carbocycles. The first-order valence-corrected chi connectivity index (χ1v) is 8.02. The highest BCUT2D eigenvalue weighted by atomic mass is 32.1. The Morgan fingerprint density at radius 2 is 1.92 bits per heavy atom. The van der Waals surface area contributed by atoms with E-state index in [-0.39, 0.29) is 5.91 Å². The lowest BCUT2D eigenvalue weighted by Gasteiger charge is -2.07. The molecule has 1 N–H and O–H groups in total. The summed E-state index contributed by atoms with van der Waals surface area (Å²) in [6.45, 7) is 5.78. The average Bonchev–Trinajstić information content (AvgIpc) is 3.13. The summed E-state index contributed by atoms with van der Waals surface area (Å²) in [5.41, 5.74) is 3.46. The van der Waals surface area contributed by atoms with Crippen LogP contribution in [-0.2, 0) is 6.61 Å². The fraction of sp³-hybridized carbons (Fsp3) is 0.250. The number of carbonyl (C=O) groups excluding carboxylic acids is 1. The van der Waals surface area contributed by atoms with E-state index in [2.05, 4.69) is 19.2 Å². The van der Waals surface area contributed by atoms with Gasteiger partial charge in [0, 0.05) is 5.56 Å². The Hall–Kier alpha value is -2.74. The van der Waals surface area contributed by atoms with Crippen molar-refractivity contribution in [3.05, 3.63) is 52.7 Å². The average molecular weight is 344 g/mol. The molecule has 0 aliphatic heterocycles. The second-order valence-electron chi connectivity index (χ2n) is 5.26. The Morgan fingerprint density at radius 3 is 2.50 bits per heavy atom. The normalized spacial score (nSPS) is 10.6. The zero-order valence-corrected chi connectivity index (χ0v) is 14.3. The predicted octanol–water partition coefficient (Wildman–Crippen LogP) is 3.28. The van der Waals surface area contributed by atoms with Gasteiger partial charge in [-0.15, -0.1) is 0 Å². The fourth-order valence-corrected chi connectivity index (χ4v) is 2.63. The molecule has 7 nitrogen and oxygen atoms in total. The van der Waals surface area contributed by atoms with Gasteiger partial charge < -0.3 is 14.6 Å². The number of aryl methyl sites for hydroxylation is 3. The minimum Gasteiger partial charge on any atom is -0.487 e. The maximum Gasteiger partial charge on any atom is 0.255 e.